The van der Waals surface area contributed by atoms with Crippen LogP contribution in [-0.4, -0.2) is 67.1 Å². The summed E-state index contributed by atoms with van der Waals surface area (Å²) in [6.07, 6.45) is 0. The van der Waals surface area contributed by atoms with Crippen LogP contribution in [0.5, 0.6) is 17.2 Å². The zero-order valence-corrected chi connectivity index (χ0v) is 25.9. The Hall–Kier alpha value is -5.58. The lowest BCUT2D eigenvalue weighted by atomic mass is 10.0. The van der Waals surface area contributed by atoms with Crippen molar-refractivity contribution < 1.29 is 23.8 Å². The highest BCUT2D eigenvalue weighted by Gasteiger charge is 2.33. The van der Waals surface area contributed by atoms with Gasteiger partial charge in [0.05, 0.1) is 26.8 Å². The highest BCUT2D eigenvalue weighted by atomic mass is 16.5. The van der Waals surface area contributed by atoms with Gasteiger partial charge in [0.1, 0.15) is 23.9 Å². The molecule has 2 amide bonds. The average Bonchev–Trinajstić information content (AvgIpc) is 3.47. The zero-order valence-electron chi connectivity index (χ0n) is 25.9. The van der Waals surface area contributed by atoms with Crippen LogP contribution < -0.4 is 24.4 Å². The van der Waals surface area contributed by atoms with Gasteiger partial charge in [0.15, 0.2) is 11.5 Å². The maximum absolute atomic E-state index is 14.3. The van der Waals surface area contributed by atoms with E-state index in [4.69, 9.17) is 14.2 Å². The van der Waals surface area contributed by atoms with Crippen LogP contribution in [0.1, 0.15) is 17.2 Å². The molecule has 0 saturated carbocycles. The van der Waals surface area contributed by atoms with Crippen molar-refractivity contribution in [3.05, 3.63) is 102 Å². The molecule has 5 rings (SSSR count). The second-order valence-corrected chi connectivity index (χ2v) is 10.6. The zero-order chi connectivity index (χ0) is 31.9. The summed E-state index contributed by atoms with van der Waals surface area (Å²) in [5, 5.41) is 11.5. The van der Waals surface area contributed by atoms with Crippen molar-refractivity contribution in [1.82, 2.24) is 19.9 Å². The second-order valence-electron chi connectivity index (χ2n) is 10.6. The van der Waals surface area contributed by atoms with Crippen molar-refractivity contribution in [2.45, 2.75) is 19.1 Å². The third kappa shape index (κ3) is 6.98. The maximum atomic E-state index is 14.3. The molecule has 1 N–H and O–H groups in total. The largest absolute Gasteiger partial charge is 0.497 e. The van der Waals surface area contributed by atoms with E-state index in [2.05, 4.69) is 15.6 Å². The molecule has 0 aliphatic rings. The number of aromatic nitrogens is 3. The van der Waals surface area contributed by atoms with E-state index in [-0.39, 0.29) is 19.0 Å². The summed E-state index contributed by atoms with van der Waals surface area (Å²) in [5.41, 5.74) is 4.31. The van der Waals surface area contributed by atoms with Gasteiger partial charge >= 0.3 is 0 Å². The standard InChI is InChI=1S/C34H36N6O5/c1-38(2)26-15-13-25(14-16-26)35-34(42)33(24-12-19-30(44-4)31(20-24)45-5)39(21-23-10-17-27(43-3)18-11-23)32(41)22-40-29-9-7-6-8-28(29)36-37-40/h6-20,33H,21-22H2,1-5H3,(H,35,42)/t33-/m0/s1. The van der Waals surface area contributed by atoms with Gasteiger partial charge in [-0.2, -0.15) is 0 Å². The van der Waals surface area contributed by atoms with E-state index in [0.29, 0.717) is 39.5 Å². The highest BCUT2D eigenvalue weighted by molar-refractivity contribution is 5.98. The fourth-order valence-electron chi connectivity index (χ4n) is 5.05. The van der Waals surface area contributed by atoms with E-state index in [0.717, 1.165) is 11.3 Å². The molecule has 1 heterocycles. The van der Waals surface area contributed by atoms with Crippen LogP contribution in [0.2, 0.25) is 0 Å². The van der Waals surface area contributed by atoms with Crippen molar-refractivity contribution in [1.29, 1.82) is 0 Å². The van der Waals surface area contributed by atoms with Gasteiger partial charge in [0.25, 0.3) is 5.91 Å². The van der Waals surface area contributed by atoms with Gasteiger partial charge in [-0.25, -0.2) is 4.68 Å². The Labute approximate surface area is 261 Å². The summed E-state index contributed by atoms with van der Waals surface area (Å²) in [6, 6.07) is 26.4. The van der Waals surface area contributed by atoms with E-state index in [1.807, 2.05) is 91.8 Å². The number of anilines is 2. The number of fused-ring (bicyclic) bond motifs is 1. The number of benzene rings is 4. The predicted molar refractivity (Wildman–Crippen MR) is 173 cm³/mol. The molecule has 0 saturated heterocycles. The molecule has 0 bridgehead atoms. The van der Waals surface area contributed by atoms with Crippen molar-refractivity contribution in [2.75, 3.05) is 45.6 Å². The summed E-state index contributed by atoms with van der Waals surface area (Å²) < 4.78 is 17.9. The van der Waals surface area contributed by atoms with E-state index in [9.17, 15) is 9.59 Å². The van der Waals surface area contributed by atoms with Crippen molar-refractivity contribution in [2.24, 2.45) is 0 Å². The first-order valence-electron chi connectivity index (χ1n) is 14.3. The van der Waals surface area contributed by atoms with Crippen LogP contribution in [0.4, 0.5) is 11.4 Å². The molecule has 0 radical (unpaired) electrons. The van der Waals surface area contributed by atoms with Crippen molar-refractivity contribution in [3.63, 3.8) is 0 Å². The summed E-state index contributed by atoms with van der Waals surface area (Å²) in [4.78, 5) is 32.1. The number of methoxy groups -OCH3 is 3. The molecule has 45 heavy (non-hydrogen) atoms. The van der Waals surface area contributed by atoms with Crippen LogP contribution in [0, 0.1) is 0 Å². The van der Waals surface area contributed by atoms with E-state index >= 15 is 0 Å². The van der Waals surface area contributed by atoms with Crippen LogP contribution in [-0.2, 0) is 22.7 Å². The summed E-state index contributed by atoms with van der Waals surface area (Å²) in [7, 11) is 8.55. The first-order valence-corrected chi connectivity index (χ1v) is 14.3. The predicted octanol–water partition coefficient (Wildman–Crippen LogP) is 4.93. The van der Waals surface area contributed by atoms with Gasteiger partial charge in [-0.05, 0) is 71.8 Å². The molecule has 4 aromatic carbocycles. The lowest BCUT2D eigenvalue weighted by Crippen LogP contribution is -2.42. The molecule has 0 fully saturated rings. The first kappa shape index (κ1) is 30.9. The van der Waals surface area contributed by atoms with Crippen molar-refractivity contribution >= 4 is 34.2 Å². The van der Waals surface area contributed by atoms with Gasteiger partial charge in [-0.1, -0.05) is 35.5 Å². The molecular weight excluding hydrogens is 572 g/mol. The van der Waals surface area contributed by atoms with Crippen LogP contribution >= 0.6 is 0 Å². The minimum Gasteiger partial charge on any atom is -0.497 e. The van der Waals surface area contributed by atoms with Gasteiger partial charge in [-0.3, -0.25) is 9.59 Å². The molecule has 0 spiro atoms. The number of para-hydroxylation sites is 1. The molecular formula is C34H36N6O5. The number of nitrogens with zero attached hydrogens (tertiary/aromatic N) is 5. The fraction of sp³-hybridized carbons (Fsp3) is 0.235. The molecule has 11 heteroatoms. The smallest absolute Gasteiger partial charge is 0.251 e. The Bertz CT molecular complexity index is 1770. The van der Waals surface area contributed by atoms with Crippen molar-refractivity contribution in [3.8, 4) is 17.2 Å². The first-order chi connectivity index (χ1) is 21.8. The topological polar surface area (TPSA) is 111 Å². The summed E-state index contributed by atoms with van der Waals surface area (Å²) >= 11 is 0. The quantitative estimate of drug-likeness (QED) is 0.212. The molecule has 1 aromatic heterocycles. The number of hydrogen-bond acceptors (Lipinski definition) is 8. The lowest BCUT2D eigenvalue weighted by molar-refractivity contribution is -0.140. The molecule has 0 unspecified atom stereocenters. The number of hydrogen-bond donors (Lipinski definition) is 1. The Morgan fingerprint density at radius 2 is 1.56 bits per heavy atom. The molecule has 0 aliphatic carbocycles. The SMILES string of the molecule is COc1ccc(CN(C(=O)Cn2nnc3ccccc32)[C@H](C(=O)Nc2ccc(N(C)C)cc2)c2ccc(OC)c(OC)c2)cc1. The molecule has 0 aliphatic heterocycles. The molecule has 232 valence electrons. The number of carbonyl (C=O) groups is 2. The van der Waals surface area contributed by atoms with Gasteiger partial charge in [-0.15, -0.1) is 5.10 Å². The van der Waals surface area contributed by atoms with E-state index < -0.39 is 11.9 Å². The van der Waals surface area contributed by atoms with Crippen LogP contribution in [0.15, 0.2) is 91.0 Å². The minimum atomic E-state index is -1.05. The summed E-state index contributed by atoms with van der Waals surface area (Å²) in [6.45, 7) is -0.00722. The normalized spacial score (nSPS) is 11.5. The third-order valence-corrected chi connectivity index (χ3v) is 7.47. The van der Waals surface area contributed by atoms with Gasteiger partial charge in [0.2, 0.25) is 5.91 Å². The number of nitrogens with one attached hydrogen (secondary N) is 1. The molecule has 1 atom stereocenters. The summed E-state index contributed by atoms with van der Waals surface area (Å²) in [5.74, 6) is 0.884. The molecule has 5 aromatic rings. The Morgan fingerprint density at radius 1 is 0.844 bits per heavy atom. The molecule has 11 nitrogen and oxygen atoms in total. The Morgan fingerprint density at radius 3 is 2.22 bits per heavy atom. The van der Waals surface area contributed by atoms with E-state index in [1.54, 1.807) is 42.0 Å². The number of amides is 2. The third-order valence-electron chi connectivity index (χ3n) is 7.47. The number of carbonyl (C=O) groups excluding carboxylic acids is 2. The van der Waals surface area contributed by atoms with Crippen LogP contribution in [0.3, 0.4) is 0 Å². The lowest BCUT2D eigenvalue weighted by Gasteiger charge is -2.32. The average molecular weight is 609 g/mol. The number of ether oxygens (including phenoxy) is 3. The monoisotopic (exact) mass is 608 g/mol. The maximum Gasteiger partial charge on any atom is 0.251 e. The minimum absolute atomic E-state index is 0.126. The highest BCUT2D eigenvalue weighted by Crippen LogP contribution is 2.34. The van der Waals surface area contributed by atoms with Gasteiger partial charge < -0.3 is 29.3 Å². The Kier molecular flexibility index (Phi) is 9.47. The fourth-order valence-corrected chi connectivity index (χ4v) is 5.05. The Balaban J connectivity index is 1.58. The number of rotatable bonds is 12. The van der Waals surface area contributed by atoms with E-state index in [1.165, 1.54) is 7.11 Å². The van der Waals surface area contributed by atoms with Crippen LogP contribution in [0.25, 0.3) is 11.0 Å². The second kappa shape index (κ2) is 13.8. The van der Waals surface area contributed by atoms with Gasteiger partial charge in [0, 0.05) is 32.0 Å².